The van der Waals surface area contributed by atoms with Gasteiger partial charge in [-0.05, 0) is 12.0 Å². The second-order valence-corrected chi connectivity index (χ2v) is 9.48. The number of likely N-dealkylation sites (N-methyl/N-ethyl adjacent to an activating group) is 1. The topological polar surface area (TPSA) is 108 Å². The molecule has 4 N–H and O–H groups in total. The number of hydroxylamine groups is 1. The van der Waals surface area contributed by atoms with Crippen molar-refractivity contribution in [2.45, 2.75) is 109 Å². The van der Waals surface area contributed by atoms with Crippen molar-refractivity contribution in [2.24, 2.45) is 5.92 Å². The molecule has 0 bridgehead atoms. The lowest BCUT2D eigenvalue weighted by Crippen LogP contribution is -2.49. The first-order valence-corrected chi connectivity index (χ1v) is 13.5. The molecule has 0 radical (unpaired) electrons. The van der Waals surface area contributed by atoms with E-state index in [1.807, 2.05) is 30.3 Å². The molecule has 0 aliphatic rings. The molecule has 0 aliphatic carbocycles. The van der Waals surface area contributed by atoms with E-state index in [9.17, 15) is 14.4 Å². The van der Waals surface area contributed by atoms with Crippen molar-refractivity contribution in [3.05, 3.63) is 35.9 Å². The summed E-state index contributed by atoms with van der Waals surface area (Å²) in [6.07, 6.45) is 15.5. The van der Waals surface area contributed by atoms with E-state index < -0.39 is 17.9 Å². The van der Waals surface area contributed by atoms with Crippen LogP contribution in [0.1, 0.15) is 102 Å². The van der Waals surface area contributed by atoms with E-state index in [1.54, 1.807) is 5.48 Å². The molecule has 3 amide bonds. The highest BCUT2D eigenvalue weighted by Gasteiger charge is 2.26. The second-order valence-electron chi connectivity index (χ2n) is 9.48. The van der Waals surface area contributed by atoms with E-state index in [0.717, 1.165) is 24.8 Å². The number of benzene rings is 1. The first-order valence-electron chi connectivity index (χ1n) is 13.5. The van der Waals surface area contributed by atoms with Crippen LogP contribution < -0.4 is 16.1 Å². The van der Waals surface area contributed by atoms with E-state index in [0.29, 0.717) is 12.8 Å². The molecule has 0 saturated carbocycles. The van der Waals surface area contributed by atoms with Gasteiger partial charge < -0.3 is 10.6 Å². The first-order chi connectivity index (χ1) is 17.0. The van der Waals surface area contributed by atoms with E-state index >= 15 is 0 Å². The first kappa shape index (κ1) is 30.6. The largest absolute Gasteiger partial charge is 0.357 e. The number of rotatable bonds is 20. The van der Waals surface area contributed by atoms with Gasteiger partial charge in [-0.1, -0.05) is 114 Å². The van der Waals surface area contributed by atoms with Gasteiger partial charge in [0.1, 0.15) is 6.04 Å². The van der Waals surface area contributed by atoms with Crippen molar-refractivity contribution in [1.82, 2.24) is 16.1 Å². The van der Waals surface area contributed by atoms with Gasteiger partial charge in [0.15, 0.2) is 0 Å². The Morgan fingerprint density at radius 2 is 1.34 bits per heavy atom. The van der Waals surface area contributed by atoms with E-state index in [-0.39, 0.29) is 18.2 Å². The van der Waals surface area contributed by atoms with Crippen LogP contribution in [-0.4, -0.2) is 36.0 Å². The maximum Gasteiger partial charge on any atom is 0.244 e. The highest BCUT2D eigenvalue weighted by molar-refractivity contribution is 5.90. The van der Waals surface area contributed by atoms with Crippen LogP contribution >= 0.6 is 0 Å². The highest BCUT2D eigenvalue weighted by atomic mass is 16.5. The van der Waals surface area contributed by atoms with Crippen molar-refractivity contribution >= 4 is 17.7 Å². The Hall–Kier alpha value is -2.41. The summed E-state index contributed by atoms with van der Waals surface area (Å²) in [5.41, 5.74) is 2.56. The number of nitrogens with one attached hydrogen (secondary N) is 3. The quantitative estimate of drug-likeness (QED) is 0.117. The molecule has 2 atom stereocenters. The fourth-order valence-electron chi connectivity index (χ4n) is 4.35. The fraction of sp³-hybridized carbons (Fsp3) is 0.679. The normalized spacial score (nSPS) is 12.5. The van der Waals surface area contributed by atoms with Crippen LogP contribution in [-0.2, 0) is 20.8 Å². The van der Waals surface area contributed by atoms with E-state index in [2.05, 4.69) is 17.6 Å². The van der Waals surface area contributed by atoms with Gasteiger partial charge in [0.05, 0.1) is 0 Å². The van der Waals surface area contributed by atoms with Crippen molar-refractivity contribution in [1.29, 1.82) is 0 Å². The number of carbonyl (C=O) groups excluding carboxylic acids is 3. The van der Waals surface area contributed by atoms with Crippen LogP contribution in [0, 0.1) is 5.92 Å². The third kappa shape index (κ3) is 14.6. The molecule has 1 rings (SSSR count). The summed E-state index contributed by atoms with van der Waals surface area (Å²) in [5.74, 6) is -1.80. The van der Waals surface area contributed by atoms with Crippen LogP contribution in [0.3, 0.4) is 0 Å². The number of amides is 3. The lowest BCUT2D eigenvalue weighted by atomic mass is 9.94. The molecule has 35 heavy (non-hydrogen) atoms. The van der Waals surface area contributed by atoms with Gasteiger partial charge in [-0.15, -0.1) is 0 Å². The minimum absolute atomic E-state index is 0.105. The minimum atomic E-state index is -0.725. The summed E-state index contributed by atoms with van der Waals surface area (Å²) in [7, 11) is 1.54. The number of hydrogen-bond donors (Lipinski definition) is 4. The van der Waals surface area contributed by atoms with Crippen LogP contribution in [0.4, 0.5) is 0 Å². The van der Waals surface area contributed by atoms with Crippen molar-refractivity contribution < 1.29 is 19.6 Å². The smallest absolute Gasteiger partial charge is 0.244 e. The third-order valence-corrected chi connectivity index (χ3v) is 6.50. The molecule has 0 fully saturated rings. The Balaban J connectivity index is 2.44. The number of unbranched alkanes of at least 4 members (excludes halogenated alkanes) is 11. The average Bonchev–Trinajstić information content (AvgIpc) is 2.88. The Bertz CT molecular complexity index is 711. The molecule has 0 spiro atoms. The standard InChI is InChI=1S/C28H47N3O4/c1-3-4-5-6-7-8-9-10-11-12-13-17-20-24(22-26(32)31-35)27(33)30-25(28(34)29-2)21-23-18-15-14-16-19-23/h14-16,18-19,24-25,35H,3-13,17,20-22H2,1-2H3,(H,29,34)(H,30,33)(H,31,32)/t24-,25+/m1/s1. The molecule has 0 unspecified atom stereocenters. The summed E-state index contributed by atoms with van der Waals surface area (Å²) in [6, 6.07) is 8.77. The average molecular weight is 490 g/mol. The zero-order chi connectivity index (χ0) is 25.7. The van der Waals surface area contributed by atoms with Crippen LogP contribution in [0.25, 0.3) is 0 Å². The van der Waals surface area contributed by atoms with Gasteiger partial charge >= 0.3 is 0 Å². The van der Waals surface area contributed by atoms with Crippen molar-refractivity contribution in [3.63, 3.8) is 0 Å². The molecule has 1 aromatic carbocycles. The number of carbonyl (C=O) groups is 3. The molecular formula is C28H47N3O4. The molecular weight excluding hydrogens is 442 g/mol. The maximum absolute atomic E-state index is 13.0. The predicted molar refractivity (Wildman–Crippen MR) is 140 cm³/mol. The van der Waals surface area contributed by atoms with Crippen molar-refractivity contribution in [2.75, 3.05) is 7.05 Å². The van der Waals surface area contributed by atoms with Crippen LogP contribution in [0.5, 0.6) is 0 Å². The van der Waals surface area contributed by atoms with Gasteiger partial charge in [0.2, 0.25) is 17.7 Å². The zero-order valence-electron chi connectivity index (χ0n) is 21.8. The molecule has 7 nitrogen and oxygen atoms in total. The molecule has 7 heteroatoms. The Morgan fingerprint density at radius 3 is 1.86 bits per heavy atom. The SMILES string of the molecule is CCCCCCCCCCCCCC[C@H](CC(=O)NO)C(=O)N[C@@H](Cc1ccccc1)C(=O)NC. The van der Waals surface area contributed by atoms with Gasteiger partial charge in [0, 0.05) is 25.8 Å². The summed E-state index contributed by atoms with van der Waals surface area (Å²) in [4.78, 5) is 37.2. The van der Waals surface area contributed by atoms with Gasteiger partial charge in [-0.3, -0.25) is 19.6 Å². The molecule has 0 saturated heterocycles. The third-order valence-electron chi connectivity index (χ3n) is 6.50. The number of hydrogen-bond acceptors (Lipinski definition) is 4. The van der Waals surface area contributed by atoms with E-state index in [4.69, 9.17) is 5.21 Å². The maximum atomic E-state index is 13.0. The molecule has 198 valence electrons. The summed E-state index contributed by atoms with van der Waals surface area (Å²) in [5, 5.41) is 14.4. The minimum Gasteiger partial charge on any atom is -0.357 e. The zero-order valence-corrected chi connectivity index (χ0v) is 21.8. The summed E-state index contributed by atoms with van der Waals surface area (Å²) >= 11 is 0. The van der Waals surface area contributed by atoms with Gasteiger partial charge in [0.25, 0.3) is 0 Å². The Morgan fingerprint density at radius 1 is 0.800 bits per heavy atom. The van der Waals surface area contributed by atoms with Crippen LogP contribution in [0.2, 0.25) is 0 Å². The molecule has 0 aliphatic heterocycles. The van der Waals surface area contributed by atoms with Crippen LogP contribution in [0.15, 0.2) is 30.3 Å². The monoisotopic (exact) mass is 489 g/mol. The Kier molecular flexibility index (Phi) is 17.4. The fourth-order valence-corrected chi connectivity index (χ4v) is 4.35. The summed E-state index contributed by atoms with van der Waals surface area (Å²) in [6.45, 7) is 2.24. The second kappa shape index (κ2) is 19.8. The Labute approximate surface area is 211 Å². The lowest BCUT2D eigenvalue weighted by molar-refractivity contribution is -0.136. The lowest BCUT2D eigenvalue weighted by Gasteiger charge is -2.22. The summed E-state index contributed by atoms with van der Waals surface area (Å²) < 4.78 is 0. The van der Waals surface area contributed by atoms with Gasteiger partial charge in [-0.2, -0.15) is 0 Å². The highest BCUT2D eigenvalue weighted by Crippen LogP contribution is 2.18. The molecule has 1 aromatic rings. The predicted octanol–water partition coefficient (Wildman–Crippen LogP) is 5.06. The van der Waals surface area contributed by atoms with Gasteiger partial charge in [-0.25, -0.2) is 5.48 Å². The van der Waals surface area contributed by atoms with Crippen molar-refractivity contribution in [3.8, 4) is 0 Å². The molecule has 0 heterocycles. The molecule has 0 aromatic heterocycles. The van der Waals surface area contributed by atoms with E-state index in [1.165, 1.54) is 64.8 Å².